The first-order valence-electron chi connectivity index (χ1n) is 14.4. The lowest BCUT2D eigenvalue weighted by Crippen LogP contribution is -2.34. The monoisotopic (exact) mass is 658 g/mol. The number of methoxy groups -OCH3 is 4. The van der Waals surface area contributed by atoms with E-state index in [0.29, 0.717) is 33.3 Å². The van der Waals surface area contributed by atoms with E-state index in [1.165, 1.54) is 26.4 Å². The minimum atomic E-state index is -1.58. The summed E-state index contributed by atoms with van der Waals surface area (Å²) in [5.41, 5.74) is -2.64. The Morgan fingerprint density at radius 2 is 1.00 bits per heavy atom. The molecule has 248 valence electrons. The number of aromatic nitrogens is 2. The van der Waals surface area contributed by atoms with Gasteiger partial charge in [0.25, 0.3) is 11.1 Å². The second-order valence-electron chi connectivity index (χ2n) is 10.9. The molecule has 0 unspecified atom stereocenters. The average molecular weight is 659 g/mol. The number of Topliss-reactive ketones (excluding diaryl/α,β-unsaturated/α-hetero) is 2. The zero-order chi connectivity index (χ0) is 34.9. The molecule has 4 N–H and O–H groups in total. The third kappa shape index (κ3) is 6.02. The number of pyridine rings is 2. The Kier molecular flexibility index (Phi) is 9.18. The van der Waals surface area contributed by atoms with Gasteiger partial charge in [0.2, 0.25) is 11.6 Å². The van der Waals surface area contributed by atoms with Crippen molar-refractivity contribution in [2.45, 2.75) is 24.7 Å². The van der Waals surface area contributed by atoms with Crippen molar-refractivity contribution in [3.05, 3.63) is 103 Å². The molecule has 4 aromatic rings. The summed E-state index contributed by atoms with van der Waals surface area (Å²) in [6.45, 7) is 0. The van der Waals surface area contributed by atoms with Gasteiger partial charge in [-0.3, -0.25) is 28.8 Å². The van der Waals surface area contributed by atoms with Crippen LogP contribution in [0.1, 0.15) is 35.8 Å². The van der Waals surface area contributed by atoms with E-state index >= 15 is 0 Å². The van der Waals surface area contributed by atoms with Crippen molar-refractivity contribution in [3.63, 3.8) is 0 Å². The van der Waals surface area contributed by atoms with Crippen LogP contribution < -0.4 is 20.6 Å². The highest BCUT2D eigenvalue weighted by molar-refractivity contribution is 6.24. The number of aromatic amines is 2. The predicted molar refractivity (Wildman–Crippen MR) is 170 cm³/mol. The highest BCUT2D eigenvalue weighted by Crippen LogP contribution is 2.40. The lowest BCUT2D eigenvalue weighted by Gasteiger charge is -2.27. The molecule has 48 heavy (non-hydrogen) atoms. The van der Waals surface area contributed by atoms with E-state index in [1.807, 2.05) is 0 Å². The van der Waals surface area contributed by atoms with Crippen LogP contribution in [0.3, 0.4) is 0 Å². The number of H-pyrrole nitrogens is 2. The summed E-state index contributed by atoms with van der Waals surface area (Å²) in [7, 11) is 5.01. The molecule has 1 aliphatic carbocycles. The fourth-order valence-electron chi connectivity index (χ4n) is 5.77. The molecule has 0 saturated carbocycles. The summed E-state index contributed by atoms with van der Waals surface area (Å²) >= 11 is 0. The molecule has 0 bridgehead atoms. The van der Waals surface area contributed by atoms with Crippen LogP contribution in [0.5, 0.6) is 11.5 Å². The Morgan fingerprint density at radius 3 is 1.33 bits per heavy atom. The van der Waals surface area contributed by atoms with Gasteiger partial charge in [-0.05, 0) is 48.5 Å². The number of hydrogen-bond donors (Lipinski definition) is 4. The standard InChI is InChI=1S/C34H30N2O12/c1-45-17-5-7-23-15(9-17)11-21(33(43)35-23)19(13-25(37)47-3)27-29(39)31(41)28(32(42)30(27)40)20(14-26(38)48-4)22-12-16-10-18(46-2)6-8-24(16)36-34(22)44/h5-12,19-20,39,42H,13-14H2,1-4H3,(H,35,43)(H,36,44)/t19-,20-/m1/s1. The molecule has 14 heteroatoms. The Labute approximate surface area is 271 Å². The molecular weight excluding hydrogens is 628 g/mol. The molecule has 0 aliphatic heterocycles. The predicted octanol–water partition coefficient (Wildman–Crippen LogP) is 3.16. The van der Waals surface area contributed by atoms with Gasteiger partial charge in [-0.2, -0.15) is 0 Å². The van der Waals surface area contributed by atoms with Crippen LogP contribution >= 0.6 is 0 Å². The minimum absolute atomic E-state index is 0.203. The van der Waals surface area contributed by atoms with E-state index in [-0.39, 0.29) is 11.1 Å². The molecule has 2 atom stereocenters. The smallest absolute Gasteiger partial charge is 0.306 e. The summed E-state index contributed by atoms with van der Waals surface area (Å²) in [6, 6.07) is 12.2. The van der Waals surface area contributed by atoms with Gasteiger partial charge < -0.3 is 39.1 Å². The second-order valence-corrected chi connectivity index (χ2v) is 10.9. The quantitative estimate of drug-likeness (QED) is 0.143. The lowest BCUT2D eigenvalue weighted by atomic mass is 9.76. The number of esters is 2. The third-order valence-electron chi connectivity index (χ3n) is 8.23. The van der Waals surface area contributed by atoms with Gasteiger partial charge in [-0.15, -0.1) is 0 Å². The number of benzene rings is 2. The molecular formula is C34H30N2O12. The molecule has 0 saturated heterocycles. The Morgan fingerprint density at radius 1 is 0.625 bits per heavy atom. The lowest BCUT2D eigenvalue weighted by molar-refractivity contribution is -0.142. The van der Waals surface area contributed by atoms with Crippen molar-refractivity contribution in [2.75, 3.05) is 28.4 Å². The summed E-state index contributed by atoms with van der Waals surface area (Å²) in [4.78, 5) is 84.9. The zero-order valence-corrected chi connectivity index (χ0v) is 26.2. The second kappa shape index (κ2) is 13.3. The summed E-state index contributed by atoms with van der Waals surface area (Å²) in [5, 5.41) is 23.6. The molecule has 14 nitrogen and oxygen atoms in total. The maximum absolute atomic E-state index is 13.9. The number of rotatable bonds is 10. The van der Waals surface area contributed by atoms with Crippen molar-refractivity contribution in [2.24, 2.45) is 0 Å². The fourth-order valence-corrected chi connectivity index (χ4v) is 5.77. The van der Waals surface area contributed by atoms with E-state index < -0.39 is 82.0 Å². The SMILES string of the molecule is COC(=O)C[C@@H](C1=C(O)C(=O)C([C@H](CC(=O)OC)c2cc3cc(OC)ccc3[nH]c2=O)=C(O)C1=O)c1cc2cc(OC)ccc2[nH]c1=O. The topological polar surface area (TPSA) is 211 Å². The fraction of sp³-hybridized carbons (Fsp3) is 0.235. The van der Waals surface area contributed by atoms with E-state index in [0.717, 1.165) is 14.2 Å². The number of aliphatic hydroxyl groups is 2. The van der Waals surface area contributed by atoms with E-state index in [2.05, 4.69) is 9.97 Å². The Balaban J connectivity index is 1.69. The van der Waals surface area contributed by atoms with Gasteiger partial charge in [0, 0.05) is 44.8 Å². The van der Waals surface area contributed by atoms with E-state index in [1.54, 1.807) is 36.4 Å². The highest BCUT2D eigenvalue weighted by Gasteiger charge is 2.44. The zero-order valence-electron chi connectivity index (χ0n) is 26.2. The molecule has 0 fully saturated rings. The van der Waals surface area contributed by atoms with Crippen LogP contribution in [-0.2, 0) is 28.7 Å². The number of fused-ring (bicyclic) bond motifs is 2. The first kappa shape index (κ1) is 33.2. The van der Waals surface area contributed by atoms with Crippen molar-refractivity contribution in [1.82, 2.24) is 9.97 Å². The Hall–Kier alpha value is -6.18. The number of ether oxygens (including phenoxy) is 4. The van der Waals surface area contributed by atoms with Crippen molar-refractivity contribution in [1.29, 1.82) is 0 Å². The third-order valence-corrected chi connectivity index (χ3v) is 8.23. The molecule has 2 aromatic carbocycles. The van der Waals surface area contributed by atoms with Crippen LogP contribution in [0.2, 0.25) is 0 Å². The van der Waals surface area contributed by atoms with E-state index in [9.17, 15) is 39.0 Å². The van der Waals surface area contributed by atoms with Crippen LogP contribution in [0.4, 0.5) is 0 Å². The van der Waals surface area contributed by atoms with Crippen molar-refractivity contribution >= 4 is 45.3 Å². The van der Waals surface area contributed by atoms with Gasteiger partial charge in [0.05, 0.1) is 52.4 Å². The molecule has 0 radical (unpaired) electrons. The van der Waals surface area contributed by atoms with Crippen LogP contribution in [0.15, 0.2) is 80.8 Å². The number of ketones is 2. The Bertz CT molecular complexity index is 2030. The first-order valence-corrected chi connectivity index (χ1v) is 14.4. The molecule has 0 amide bonds. The molecule has 5 rings (SSSR count). The van der Waals surface area contributed by atoms with Crippen LogP contribution in [0.25, 0.3) is 21.8 Å². The van der Waals surface area contributed by atoms with Crippen LogP contribution in [0, 0.1) is 0 Å². The van der Waals surface area contributed by atoms with Crippen molar-refractivity contribution < 1.29 is 48.3 Å². The maximum atomic E-state index is 13.9. The van der Waals surface area contributed by atoms with Crippen LogP contribution in [-0.4, -0.2) is 72.1 Å². The summed E-state index contributed by atoms with van der Waals surface area (Å²) < 4.78 is 20.0. The molecule has 0 spiro atoms. The number of aliphatic hydroxyl groups excluding tert-OH is 2. The summed E-state index contributed by atoms with van der Waals surface area (Å²) in [6.07, 6.45) is -1.37. The highest BCUT2D eigenvalue weighted by atomic mass is 16.5. The number of nitrogens with one attached hydrogen (secondary N) is 2. The molecule has 1 aliphatic rings. The number of allylic oxidation sites excluding steroid dienone is 2. The average Bonchev–Trinajstić information content (AvgIpc) is 3.08. The largest absolute Gasteiger partial charge is 0.504 e. The molecule has 2 heterocycles. The summed E-state index contributed by atoms with van der Waals surface area (Å²) in [5.74, 6) is -9.10. The maximum Gasteiger partial charge on any atom is 0.306 e. The van der Waals surface area contributed by atoms with Crippen molar-refractivity contribution in [3.8, 4) is 11.5 Å². The first-order chi connectivity index (χ1) is 22.9. The number of carbonyl (C=O) groups excluding carboxylic acids is 4. The van der Waals surface area contributed by atoms with Gasteiger partial charge in [-0.25, -0.2) is 0 Å². The van der Waals surface area contributed by atoms with E-state index in [4.69, 9.17) is 18.9 Å². The van der Waals surface area contributed by atoms with Gasteiger partial charge in [-0.1, -0.05) is 0 Å². The number of carbonyl (C=O) groups is 4. The number of hydrogen-bond acceptors (Lipinski definition) is 12. The van der Waals surface area contributed by atoms with Gasteiger partial charge >= 0.3 is 11.9 Å². The normalized spacial score (nSPS) is 14.7. The molecule has 2 aromatic heterocycles. The minimum Gasteiger partial charge on any atom is -0.504 e. The van der Waals surface area contributed by atoms with Gasteiger partial charge in [0.1, 0.15) is 11.5 Å². The van der Waals surface area contributed by atoms with Gasteiger partial charge in [0.15, 0.2) is 11.5 Å².